The normalized spacial score (nSPS) is 16.4. The van der Waals surface area contributed by atoms with E-state index in [-0.39, 0.29) is 40.6 Å². The lowest BCUT2D eigenvalue weighted by Gasteiger charge is -2.20. The quantitative estimate of drug-likeness (QED) is 0.208. The van der Waals surface area contributed by atoms with Crippen LogP contribution in [0.4, 0.5) is 11.4 Å². The highest BCUT2D eigenvalue weighted by atomic mass is 127. The van der Waals surface area contributed by atoms with E-state index in [1.807, 2.05) is 18.2 Å². The van der Waals surface area contributed by atoms with Crippen molar-refractivity contribution in [3.63, 3.8) is 0 Å². The SMILES string of the molecule is CN=C(NCc1ccccc1[N+](=O)[O-])NC1CCN(c2cccc(Cl)c2)C1.I. The fraction of sp³-hybridized carbons (Fsp3) is 0.316. The molecule has 0 amide bonds. The predicted octanol–water partition coefficient (Wildman–Crippen LogP) is 3.81. The van der Waals surface area contributed by atoms with Crippen molar-refractivity contribution in [3.8, 4) is 0 Å². The monoisotopic (exact) mass is 515 g/mol. The summed E-state index contributed by atoms with van der Waals surface area (Å²) < 4.78 is 0. The van der Waals surface area contributed by atoms with Crippen molar-refractivity contribution in [2.45, 2.75) is 19.0 Å². The molecule has 2 aromatic carbocycles. The number of anilines is 1. The molecule has 0 bridgehead atoms. The zero-order valence-corrected chi connectivity index (χ0v) is 18.6. The topological polar surface area (TPSA) is 82.8 Å². The van der Waals surface area contributed by atoms with Crippen LogP contribution < -0.4 is 15.5 Å². The first-order valence-corrected chi connectivity index (χ1v) is 9.14. The molecule has 1 heterocycles. The number of nitrogens with zero attached hydrogens (tertiary/aromatic N) is 3. The Labute approximate surface area is 186 Å². The predicted molar refractivity (Wildman–Crippen MR) is 124 cm³/mol. The van der Waals surface area contributed by atoms with Crippen molar-refractivity contribution in [2.75, 3.05) is 25.0 Å². The van der Waals surface area contributed by atoms with Crippen molar-refractivity contribution in [1.82, 2.24) is 10.6 Å². The lowest BCUT2D eigenvalue weighted by molar-refractivity contribution is -0.385. The zero-order valence-electron chi connectivity index (χ0n) is 15.5. The molecule has 3 rings (SSSR count). The molecule has 2 aromatic rings. The Morgan fingerprint density at radius 1 is 1.32 bits per heavy atom. The smallest absolute Gasteiger partial charge is 0.274 e. The zero-order chi connectivity index (χ0) is 19.2. The van der Waals surface area contributed by atoms with Crippen LogP contribution in [0.1, 0.15) is 12.0 Å². The first-order chi connectivity index (χ1) is 13.1. The summed E-state index contributed by atoms with van der Waals surface area (Å²) in [5.74, 6) is 0.631. The first kappa shape index (κ1) is 22.2. The summed E-state index contributed by atoms with van der Waals surface area (Å²) in [6.45, 7) is 2.10. The van der Waals surface area contributed by atoms with Crippen LogP contribution >= 0.6 is 35.6 Å². The van der Waals surface area contributed by atoms with Crippen molar-refractivity contribution >= 4 is 52.9 Å². The van der Waals surface area contributed by atoms with Gasteiger partial charge in [0.1, 0.15) is 0 Å². The molecule has 1 saturated heterocycles. The first-order valence-electron chi connectivity index (χ1n) is 8.77. The van der Waals surface area contributed by atoms with Crippen LogP contribution in [0.2, 0.25) is 5.02 Å². The molecular weight excluding hydrogens is 493 g/mol. The third-order valence-corrected chi connectivity index (χ3v) is 4.80. The van der Waals surface area contributed by atoms with Gasteiger partial charge in [-0.05, 0) is 24.6 Å². The maximum absolute atomic E-state index is 11.1. The van der Waals surface area contributed by atoms with Crippen LogP contribution in [0.25, 0.3) is 0 Å². The van der Waals surface area contributed by atoms with Gasteiger partial charge in [0.2, 0.25) is 0 Å². The highest BCUT2D eigenvalue weighted by Gasteiger charge is 2.23. The van der Waals surface area contributed by atoms with Gasteiger partial charge in [-0.25, -0.2) is 0 Å². The summed E-state index contributed by atoms with van der Waals surface area (Å²) in [4.78, 5) is 17.3. The molecule has 1 fully saturated rings. The molecule has 0 spiro atoms. The second-order valence-corrected chi connectivity index (χ2v) is 6.80. The van der Waals surface area contributed by atoms with Crippen LogP contribution in [0.15, 0.2) is 53.5 Å². The second-order valence-electron chi connectivity index (χ2n) is 6.37. The van der Waals surface area contributed by atoms with Gasteiger partial charge in [-0.1, -0.05) is 35.9 Å². The molecular formula is C19H23ClIN5O2. The van der Waals surface area contributed by atoms with Gasteiger partial charge in [0.05, 0.1) is 4.92 Å². The number of aliphatic imine (C=N–C) groups is 1. The van der Waals surface area contributed by atoms with Crippen molar-refractivity contribution in [1.29, 1.82) is 0 Å². The van der Waals surface area contributed by atoms with Crippen molar-refractivity contribution in [2.24, 2.45) is 4.99 Å². The summed E-state index contributed by atoms with van der Waals surface area (Å²) in [6, 6.07) is 14.8. The Bertz CT molecular complexity index is 849. The van der Waals surface area contributed by atoms with E-state index in [0.717, 1.165) is 30.2 Å². The Balaban J connectivity index is 0.00000280. The van der Waals surface area contributed by atoms with Gasteiger partial charge >= 0.3 is 0 Å². The van der Waals surface area contributed by atoms with Gasteiger partial charge in [-0.3, -0.25) is 15.1 Å². The third-order valence-electron chi connectivity index (χ3n) is 4.56. The molecule has 1 unspecified atom stereocenters. The summed E-state index contributed by atoms with van der Waals surface area (Å²) in [5, 5.41) is 18.4. The number of rotatable bonds is 5. The largest absolute Gasteiger partial charge is 0.369 e. The summed E-state index contributed by atoms with van der Waals surface area (Å²) >= 11 is 6.08. The van der Waals surface area contributed by atoms with Crippen LogP contribution in [0, 0.1) is 10.1 Å². The Kier molecular flexibility index (Phi) is 8.31. The van der Waals surface area contributed by atoms with Crippen LogP contribution in [-0.2, 0) is 6.54 Å². The van der Waals surface area contributed by atoms with E-state index < -0.39 is 0 Å². The highest BCUT2D eigenvalue weighted by molar-refractivity contribution is 14.0. The Hall–Kier alpha value is -2.07. The number of nitrogens with one attached hydrogen (secondary N) is 2. The van der Waals surface area contributed by atoms with Gasteiger partial charge in [0, 0.05) is 55.1 Å². The number of benzene rings is 2. The summed E-state index contributed by atoms with van der Waals surface area (Å²) in [5.41, 5.74) is 1.83. The van der Waals surface area contributed by atoms with E-state index in [0.29, 0.717) is 18.1 Å². The van der Waals surface area contributed by atoms with Crippen LogP contribution in [0.3, 0.4) is 0 Å². The molecule has 7 nitrogen and oxygen atoms in total. The van der Waals surface area contributed by atoms with Crippen LogP contribution in [-0.4, -0.2) is 37.1 Å². The maximum atomic E-state index is 11.1. The highest BCUT2D eigenvalue weighted by Crippen LogP contribution is 2.23. The molecule has 1 aliphatic rings. The molecule has 1 aliphatic heterocycles. The fourth-order valence-corrected chi connectivity index (χ4v) is 3.38. The number of para-hydroxylation sites is 1. The van der Waals surface area contributed by atoms with Crippen molar-refractivity contribution in [3.05, 3.63) is 69.2 Å². The molecule has 0 aliphatic carbocycles. The third kappa shape index (κ3) is 5.71. The Morgan fingerprint density at radius 3 is 2.82 bits per heavy atom. The molecule has 1 atom stereocenters. The molecule has 9 heteroatoms. The summed E-state index contributed by atoms with van der Waals surface area (Å²) in [7, 11) is 1.69. The molecule has 2 N–H and O–H groups in total. The molecule has 0 saturated carbocycles. The van der Waals surface area contributed by atoms with Gasteiger partial charge in [0.15, 0.2) is 5.96 Å². The minimum atomic E-state index is -0.368. The maximum Gasteiger partial charge on any atom is 0.274 e. The number of hydrogen-bond acceptors (Lipinski definition) is 4. The molecule has 0 aromatic heterocycles. The molecule has 150 valence electrons. The van der Waals surface area contributed by atoms with E-state index in [9.17, 15) is 10.1 Å². The van der Waals surface area contributed by atoms with Gasteiger partial charge in [-0.15, -0.1) is 24.0 Å². The Morgan fingerprint density at radius 2 is 2.11 bits per heavy atom. The standard InChI is InChI=1S/C19H22ClN5O2.HI/c1-21-19(22-12-14-5-2-3-8-18(14)25(26)27)23-16-9-10-24(13-16)17-7-4-6-15(20)11-17;/h2-8,11,16H,9-10,12-13H2,1H3,(H2,21,22,23);1H. The number of halogens is 2. The number of guanidine groups is 1. The minimum Gasteiger partial charge on any atom is -0.369 e. The van der Waals surface area contributed by atoms with Gasteiger partial charge in [-0.2, -0.15) is 0 Å². The van der Waals surface area contributed by atoms with E-state index >= 15 is 0 Å². The number of hydrogen-bond donors (Lipinski definition) is 2. The van der Waals surface area contributed by atoms with Crippen LogP contribution in [0.5, 0.6) is 0 Å². The molecule has 0 radical (unpaired) electrons. The minimum absolute atomic E-state index is 0. The fourth-order valence-electron chi connectivity index (χ4n) is 3.19. The average molecular weight is 516 g/mol. The summed E-state index contributed by atoms with van der Waals surface area (Å²) in [6.07, 6.45) is 0.971. The average Bonchev–Trinajstić information content (AvgIpc) is 3.14. The second kappa shape index (κ2) is 10.5. The van der Waals surface area contributed by atoms with Crippen molar-refractivity contribution < 1.29 is 4.92 Å². The van der Waals surface area contributed by atoms with Gasteiger partial charge in [0.25, 0.3) is 5.69 Å². The van der Waals surface area contributed by atoms with E-state index in [1.165, 1.54) is 6.07 Å². The van der Waals surface area contributed by atoms with E-state index in [2.05, 4.69) is 26.6 Å². The lowest BCUT2D eigenvalue weighted by Crippen LogP contribution is -2.44. The molecule has 28 heavy (non-hydrogen) atoms. The number of nitro benzene ring substituents is 1. The van der Waals surface area contributed by atoms with E-state index in [1.54, 1.807) is 25.2 Å². The lowest BCUT2D eigenvalue weighted by atomic mass is 10.2. The number of nitro groups is 1. The van der Waals surface area contributed by atoms with E-state index in [4.69, 9.17) is 11.6 Å². The van der Waals surface area contributed by atoms with Gasteiger partial charge < -0.3 is 15.5 Å².